The van der Waals surface area contributed by atoms with Crippen LogP contribution in [0.15, 0.2) is 39.3 Å². The van der Waals surface area contributed by atoms with Crippen molar-refractivity contribution in [2.75, 3.05) is 0 Å². The van der Waals surface area contributed by atoms with Gasteiger partial charge >= 0.3 is 0 Å². The van der Waals surface area contributed by atoms with Crippen LogP contribution in [0, 0.1) is 12.7 Å². The van der Waals surface area contributed by atoms with Crippen molar-refractivity contribution in [3.63, 3.8) is 0 Å². The first kappa shape index (κ1) is 10.3. The summed E-state index contributed by atoms with van der Waals surface area (Å²) in [5.74, 6) is -0.392. The standard InChI is InChI=1S/C10H9FN4O/c1-6-9(10(16)15-12-6)14-13-8-4-2-3-7(11)5-8/h2-5H,1H3,(H2,12,15,16). The van der Waals surface area contributed by atoms with Crippen LogP contribution in [0.3, 0.4) is 0 Å². The molecule has 1 aromatic heterocycles. The molecule has 2 N–H and O–H groups in total. The Bertz CT molecular complexity index is 585. The minimum Gasteiger partial charge on any atom is -0.300 e. The van der Waals surface area contributed by atoms with Crippen LogP contribution in [-0.4, -0.2) is 10.2 Å². The van der Waals surface area contributed by atoms with E-state index in [-0.39, 0.29) is 11.2 Å². The Morgan fingerprint density at radius 2 is 2.06 bits per heavy atom. The van der Waals surface area contributed by atoms with Crippen molar-refractivity contribution in [3.05, 3.63) is 46.1 Å². The molecule has 0 radical (unpaired) electrons. The first-order valence-electron chi connectivity index (χ1n) is 4.61. The van der Waals surface area contributed by atoms with Gasteiger partial charge < -0.3 is 5.10 Å². The highest BCUT2D eigenvalue weighted by Gasteiger charge is 2.03. The Morgan fingerprint density at radius 1 is 1.25 bits per heavy atom. The highest BCUT2D eigenvalue weighted by molar-refractivity contribution is 5.40. The number of aromatic amines is 2. The fourth-order valence-electron chi connectivity index (χ4n) is 1.21. The van der Waals surface area contributed by atoms with E-state index >= 15 is 0 Å². The Balaban J connectivity index is 2.32. The first-order valence-corrected chi connectivity index (χ1v) is 4.61. The van der Waals surface area contributed by atoms with E-state index in [1.54, 1.807) is 13.0 Å². The lowest BCUT2D eigenvalue weighted by atomic mass is 10.3. The maximum atomic E-state index is 12.8. The monoisotopic (exact) mass is 220 g/mol. The molecule has 2 aromatic rings. The number of azo groups is 1. The molecule has 0 aliphatic carbocycles. The van der Waals surface area contributed by atoms with Crippen molar-refractivity contribution < 1.29 is 4.39 Å². The third-order valence-electron chi connectivity index (χ3n) is 2.01. The zero-order valence-corrected chi connectivity index (χ0v) is 8.49. The topological polar surface area (TPSA) is 73.4 Å². The Hall–Kier alpha value is -2.24. The number of halogens is 1. The van der Waals surface area contributed by atoms with Gasteiger partial charge in [0.1, 0.15) is 5.82 Å². The zero-order chi connectivity index (χ0) is 11.5. The van der Waals surface area contributed by atoms with Gasteiger partial charge in [-0.15, -0.1) is 5.11 Å². The average Bonchev–Trinajstić information content (AvgIpc) is 2.56. The fraction of sp³-hybridized carbons (Fsp3) is 0.100. The van der Waals surface area contributed by atoms with Crippen LogP contribution in [0.5, 0.6) is 0 Å². The van der Waals surface area contributed by atoms with Gasteiger partial charge in [-0.2, -0.15) is 5.11 Å². The van der Waals surface area contributed by atoms with Crippen LogP contribution in [-0.2, 0) is 0 Å². The molecule has 5 nitrogen and oxygen atoms in total. The number of benzene rings is 1. The molecule has 0 amide bonds. The van der Waals surface area contributed by atoms with Gasteiger partial charge in [0.15, 0.2) is 5.69 Å². The minimum atomic E-state index is -0.392. The second-order valence-electron chi connectivity index (χ2n) is 3.23. The maximum absolute atomic E-state index is 12.8. The summed E-state index contributed by atoms with van der Waals surface area (Å²) in [7, 11) is 0. The van der Waals surface area contributed by atoms with E-state index in [0.29, 0.717) is 11.4 Å². The summed E-state index contributed by atoms with van der Waals surface area (Å²) in [6, 6.07) is 5.67. The van der Waals surface area contributed by atoms with E-state index < -0.39 is 5.82 Å². The van der Waals surface area contributed by atoms with Gasteiger partial charge in [-0.25, -0.2) is 4.39 Å². The molecule has 0 aliphatic heterocycles. The second kappa shape index (κ2) is 4.09. The number of aryl methyl sites for hydroxylation is 1. The molecule has 6 heteroatoms. The molecule has 0 atom stereocenters. The summed E-state index contributed by atoms with van der Waals surface area (Å²) in [4.78, 5) is 11.2. The molecule has 0 saturated carbocycles. The third-order valence-corrected chi connectivity index (χ3v) is 2.01. The predicted octanol–water partition coefficient (Wildman–Crippen LogP) is 2.57. The zero-order valence-electron chi connectivity index (χ0n) is 8.49. The van der Waals surface area contributed by atoms with Gasteiger partial charge in [-0.05, 0) is 19.1 Å². The Morgan fingerprint density at radius 3 is 2.69 bits per heavy atom. The molecule has 82 valence electrons. The summed E-state index contributed by atoms with van der Waals surface area (Å²) in [6.45, 7) is 1.69. The molecular formula is C10H9FN4O. The molecule has 1 aromatic carbocycles. The number of hydrogen-bond donors (Lipinski definition) is 2. The van der Waals surface area contributed by atoms with Crippen LogP contribution in [0.2, 0.25) is 0 Å². The summed E-state index contributed by atoms with van der Waals surface area (Å²) >= 11 is 0. The molecule has 0 fully saturated rings. The largest absolute Gasteiger partial charge is 0.300 e. The maximum Gasteiger partial charge on any atom is 0.291 e. The highest BCUT2D eigenvalue weighted by Crippen LogP contribution is 2.17. The van der Waals surface area contributed by atoms with Crippen molar-refractivity contribution >= 4 is 11.4 Å². The Kier molecular flexibility index (Phi) is 2.63. The smallest absolute Gasteiger partial charge is 0.291 e. The van der Waals surface area contributed by atoms with Crippen molar-refractivity contribution in [2.24, 2.45) is 10.2 Å². The van der Waals surface area contributed by atoms with E-state index in [2.05, 4.69) is 20.4 Å². The average molecular weight is 220 g/mol. The lowest BCUT2D eigenvalue weighted by Crippen LogP contribution is -1.96. The van der Waals surface area contributed by atoms with E-state index in [9.17, 15) is 9.18 Å². The van der Waals surface area contributed by atoms with Crippen molar-refractivity contribution in [2.45, 2.75) is 6.92 Å². The van der Waals surface area contributed by atoms with Gasteiger partial charge in [0.25, 0.3) is 5.56 Å². The molecule has 0 bridgehead atoms. The van der Waals surface area contributed by atoms with E-state index in [1.807, 2.05) is 0 Å². The number of H-pyrrole nitrogens is 2. The first-order chi connectivity index (χ1) is 7.66. The molecule has 0 aliphatic rings. The normalized spacial score (nSPS) is 11.1. The summed E-state index contributed by atoms with van der Waals surface area (Å²) < 4.78 is 12.8. The van der Waals surface area contributed by atoms with Gasteiger partial charge in [0.2, 0.25) is 0 Å². The van der Waals surface area contributed by atoms with E-state index in [4.69, 9.17) is 0 Å². The van der Waals surface area contributed by atoms with Crippen molar-refractivity contribution in [1.29, 1.82) is 0 Å². The van der Waals surface area contributed by atoms with Gasteiger partial charge in [0, 0.05) is 6.07 Å². The SMILES string of the molecule is Cc1[nH][nH]c(=O)c1N=Nc1cccc(F)c1. The molecule has 16 heavy (non-hydrogen) atoms. The van der Waals surface area contributed by atoms with Crippen LogP contribution in [0.1, 0.15) is 5.69 Å². The third kappa shape index (κ3) is 2.05. The minimum absolute atomic E-state index is 0.198. The van der Waals surface area contributed by atoms with Crippen LogP contribution in [0.4, 0.5) is 15.8 Å². The highest BCUT2D eigenvalue weighted by atomic mass is 19.1. The number of aromatic nitrogens is 2. The number of rotatable bonds is 2. The summed E-state index contributed by atoms with van der Waals surface area (Å²) in [5, 5.41) is 12.5. The molecule has 0 unspecified atom stereocenters. The van der Waals surface area contributed by atoms with Crippen LogP contribution >= 0.6 is 0 Å². The summed E-state index contributed by atoms with van der Waals surface area (Å²) in [5.41, 5.74) is 0.798. The van der Waals surface area contributed by atoms with Gasteiger partial charge in [0.05, 0.1) is 11.4 Å². The molecule has 1 heterocycles. The summed E-state index contributed by atoms with van der Waals surface area (Å²) in [6.07, 6.45) is 0. The Labute approximate surface area is 90.0 Å². The quantitative estimate of drug-likeness (QED) is 0.750. The second-order valence-corrected chi connectivity index (χ2v) is 3.23. The van der Waals surface area contributed by atoms with E-state index in [0.717, 1.165) is 0 Å². The van der Waals surface area contributed by atoms with Gasteiger partial charge in [-0.1, -0.05) is 6.07 Å². The molecule has 2 rings (SSSR count). The number of nitrogens with zero attached hydrogens (tertiary/aromatic N) is 2. The molecular weight excluding hydrogens is 211 g/mol. The van der Waals surface area contributed by atoms with Crippen LogP contribution in [0.25, 0.3) is 0 Å². The van der Waals surface area contributed by atoms with Gasteiger partial charge in [-0.3, -0.25) is 9.89 Å². The fourth-order valence-corrected chi connectivity index (χ4v) is 1.21. The lowest BCUT2D eigenvalue weighted by molar-refractivity contribution is 0.628. The van der Waals surface area contributed by atoms with Crippen molar-refractivity contribution in [1.82, 2.24) is 10.2 Å². The van der Waals surface area contributed by atoms with Crippen molar-refractivity contribution in [3.8, 4) is 0 Å². The molecule has 0 spiro atoms. The predicted molar refractivity (Wildman–Crippen MR) is 56.7 cm³/mol. The number of hydrogen-bond acceptors (Lipinski definition) is 3. The number of nitrogens with one attached hydrogen (secondary N) is 2. The van der Waals surface area contributed by atoms with Crippen LogP contribution < -0.4 is 5.56 Å². The molecule has 0 saturated heterocycles. The lowest BCUT2D eigenvalue weighted by Gasteiger charge is -1.91. The van der Waals surface area contributed by atoms with E-state index in [1.165, 1.54) is 18.2 Å².